The molecule has 1 aromatic heterocycles. The molecule has 0 bridgehead atoms. The van der Waals surface area contributed by atoms with Crippen LogP contribution >= 0.6 is 11.8 Å². The second kappa shape index (κ2) is 8.25. The van der Waals surface area contributed by atoms with Gasteiger partial charge >= 0.3 is 0 Å². The van der Waals surface area contributed by atoms with Crippen molar-refractivity contribution in [2.24, 2.45) is 0 Å². The summed E-state index contributed by atoms with van der Waals surface area (Å²) in [7, 11) is 0. The van der Waals surface area contributed by atoms with Crippen molar-refractivity contribution in [3.05, 3.63) is 70.5 Å². The zero-order valence-electron chi connectivity index (χ0n) is 15.2. The lowest BCUT2D eigenvalue weighted by molar-refractivity contribution is -0.130. The molecule has 2 heterocycles. The van der Waals surface area contributed by atoms with Crippen molar-refractivity contribution in [1.29, 1.82) is 0 Å². The van der Waals surface area contributed by atoms with Gasteiger partial charge in [0, 0.05) is 5.75 Å². The molecule has 1 aliphatic heterocycles. The number of ether oxygens (including phenoxy) is 2. The van der Waals surface area contributed by atoms with Crippen LogP contribution in [0.4, 0.5) is 0 Å². The van der Waals surface area contributed by atoms with Crippen LogP contribution in [0.2, 0.25) is 0 Å². The van der Waals surface area contributed by atoms with Crippen molar-refractivity contribution in [1.82, 2.24) is 9.55 Å². The Bertz CT molecular complexity index is 968. The van der Waals surface area contributed by atoms with Gasteiger partial charge in [-0.05, 0) is 31.0 Å². The Balaban J connectivity index is 1.74. The summed E-state index contributed by atoms with van der Waals surface area (Å²) < 4.78 is 12.7. The third kappa shape index (κ3) is 3.93. The summed E-state index contributed by atoms with van der Waals surface area (Å²) in [4.78, 5) is 18.1. The first kappa shape index (κ1) is 18.2. The fraction of sp³-hybridized carbons (Fsp3) is 0.333. The van der Waals surface area contributed by atoms with Crippen LogP contribution in [0.1, 0.15) is 24.9 Å². The molecule has 2 aromatic carbocycles. The second-order valence-corrected chi connectivity index (χ2v) is 7.57. The number of rotatable bonds is 5. The van der Waals surface area contributed by atoms with E-state index in [-0.39, 0.29) is 17.7 Å². The molecule has 0 saturated carbocycles. The first-order valence-electron chi connectivity index (χ1n) is 9.12. The molecular formula is C21H22N2O3S. The van der Waals surface area contributed by atoms with Crippen molar-refractivity contribution >= 4 is 22.7 Å². The highest BCUT2D eigenvalue weighted by atomic mass is 32.2. The van der Waals surface area contributed by atoms with Crippen LogP contribution in [-0.2, 0) is 9.47 Å². The van der Waals surface area contributed by atoms with Gasteiger partial charge in [0.05, 0.1) is 29.7 Å². The van der Waals surface area contributed by atoms with E-state index in [4.69, 9.17) is 14.5 Å². The summed E-state index contributed by atoms with van der Waals surface area (Å²) in [5, 5.41) is 1.37. The zero-order valence-corrected chi connectivity index (χ0v) is 16.0. The van der Waals surface area contributed by atoms with Gasteiger partial charge in [0.1, 0.15) is 6.79 Å². The van der Waals surface area contributed by atoms with Crippen molar-refractivity contribution in [3.8, 4) is 0 Å². The molecule has 27 heavy (non-hydrogen) atoms. The minimum atomic E-state index is -0.103. The van der Waals surface area contributed by atoms with Crippen molar-refractivity contribution in [2.45, 2.75) is 30.6 Å². The summed E-state index contributed by atoms with van der Waals surface area (Å²) in [6, 6.07) is 17.5. The maximum absolute atomic E-state index is 13.3. The fourth-order valence-electron chi connectivity index (χ4n) is 3.25. The smallest absolute Gasteiger partial charge is 0.262 e. The first-order valence-corrected chi connectivity index (χ1v) is 10.1. The van der Waals surface area contributed by atoms with E-state index in [1.165, 1.54) is 0 Å². The van der Waals surface area contributed by atoms with Crippen LogP contribution < -0.4 is 5.56 Å². The summed E-state index contributed by atoms with van der Waals surface area (Å²) in [6.45, 7) is 3.09. The molecule has 0 N–H and O–H groups in total. The van der Waals surface area contributed by atoms with Crippen molar-refractivity contribution < 1.29 is 9.47 Å². The van der Waals surface area contributed by atoms with Crippen LogP contribution in [0.3, 0.4) is 0 Å². The van der Waals surface area contributed by atoms with E-state index < -0.39 is 0 Å². The molecule has 6 heteroatoms. The van der Waals surface area contributed by atoms with Gasteiger partial charge in [0.2, 0.25) is 0 Å². The minimum absolute atomic E-state index is 0.00708. The molecule has 2 atom stereocenters. The fourth-order valence-corrected chi connectivity index (χ4v) is 4.39. The number of hydrogen-bond acceptors (Lipinski definition) is 5. The predicted octanol–water partition coefficient (Wildman–Crippen LogP) is 3.86. The number of thioether (sulfide) groups is 1. The number of aromatic nitrogens is 2. The molecule has 1 fully saturated rings. The van der Waals surface area contributed by atoms with E-state index in [1.54, 1.807) is 11.8 Å². The quantitative estimate of drug-likeness (QED) is 0.495. The molecule has 0 radical (unpaired) electrons. The van der Waals surface area contributed by atoms with Crippen molar-refractivity contribution in [2.75, 3.05) is 19.2 Å². The lowest BCUT2D eigenvalue weighted by Gasteiger charge is -2.24. The van der Waals surface area contributed by atoms with E-state index in [1.807, 2.05) is 66.1 Å². The third-order valence-electron chi connectivity index (χ3n) is 4.81. The Labute approximate surface area is 162 Å². The minimum Gasteiger partial charge on any atom is -0.355 e. The number of hydrogen-bond donors (Lipinski definition) is 0. The average molecular weight is 382 g/mol. The predicted molar refractivity (Wildman–Crippen MR) is 107 cm³/mol. The van der Waals surface area contributed by atoms with Gasteiger partial charge in [-0.25, -0.2) is 4.98 Å². The Morgan fingerprint density at radius 2 is 1.96 bits per heavy atom. The SMILES string of the molecule is C[C@H](c1ccccc1)n1c(SC[C@@H]2CCOCO2)nc2ccccc2c1=O. The Morgan fingerprint density at radius 3 is 2.74 bits per heavy atom. The average Bonchev–Trinajstić information content (AvgIpc) is 2.73. The Hall–Kier alpha value is -2.15. The van der Waals surface area contributed by atoms with Gasteiger partial charge in [-0.2, -0.15) is 0 Å². The second-order valence-electron chi connectivity index (χ2n) is 6.59. The molecule has 5 nitrogen and oxygen atoms in total. The standard InChI is InChI=1S/C21H22N2O3S/c1-15(16-7-3-2-4-8-16)23-20(24)18-9-5-6-10-19(18)22-21(23)27-13-17-11-12-25-14-26-17/h2-10,15,17H,11-14H2,1H3/t15-,17+/m1/s1. The molecule has 0 spiro atoms. The molecule has 4 rings (SSSR count). The topological polar surface area (TPSA) is 53.4 Å². The van der Waals surface area contributed by atoms with Crippen LogP contribution in [-0.4, -0.2) is 34.8 Å². The van der Waals surface area contributed by atoms with Gasteiger partial charge in [-0.15, -0.1) is 0 Å². The summed E-state index contributed by atoms with van der Waals surface area (Å²) in [5.74, 6) is 0.746. The van der Waals surface area contributed by atoms with Crippen LogP contribution in [0.5, 0.6) is 0 Å². The van der Waals surface area contributed by atoms with Gasteiger partial charge in [0.25, 0.3) is 5.56 Å². The molecule has 1 saturated heterocycles. The molecule has 1 aliphatic rings. The highest BCUT2D eigenvalue weighted by Gasteiger charge is 2.20. The monoisotopic (exact) mass is 382 g/mol. The van der Waals surface area contributed by atoms with Gasteiger partial charge in [0.15, 0.2) is 5.16 Å². The number of nitrogens with zero attached hydrogens (tertiary/aromatic N) is 2. The number of fused-ring (bicyclic) bond motifs is 1. The van der Waals surface area contributed by atoms with Gasteiger partial charge in [-0.3, -0.25) is 9.36 Å². The third-order valence-corrected chi connectivity index (χ3v) is 5.90. The largest absolute Gasteiger partial charge is 0.355 e. The number of para-hydroxylation sites is 1. The highest BCUT2D eigenvalue weighted by molar-refractivity contribution is 7.99. The molecule has 0 unspecified atom stereocenters. The summed E-state index contributed by atoms with van der Waals surface area (Å²) in [5.41, 5.74) is 1.81. The first-order chi connectivity index (χ1) is 13.2. The normalized spacial score (nSPS) is 18.5. The highest BCUT2D eigenvalue weighted by Crippen LogP contribution is 2.26. The van der Waals surface area contributed by atoms with E-state index in [9.17, 15) is 4.79 Å². The summed E-state index contributed by atoms with van der Waals surface area (Å²) in [6.07, 6.45) is 0.978. The van der Waals surface area contributed by atoms with Crippen LogP contribution in [0, 0.1) is 0 Å². The number of benzene rings is 2. The van der Waals surface area contributed by atoms with E-state index in [0.717, 1.165) is 28.4 Å². The van der Waals surface area contributed by atoms with E-state index in [2.05, 4.69) is 0 Å². The molecule has 140 valence electrons. The van der Waals surface area contributed by atoms with Crippen LogP contribution in [0.15, 0.2) is 64.5 Å². The Kier molecular flexibility index (Phi) is 5.57. The Morgan fingerprint density at radius 1 is 1.19 bits per heavy atom. The summed E-state index contributed by atoms with van der Waals surface area (Å²) >= 11 is 1.58. The van der Waals surface area contributed by atoms with Gasteiger partial charge < -0.3 is 9.47 Å². The maximum Gasteiger partial charge on any atom is 0.262 e. The molecule has 0 aliphatic carbocycles. The lowest BCUT2D eigenvalue weighted by atomic mass is 10.1. The van der Waals surface area contributed by atoms with Gasteiger partial charge in [-0.1, -0.05) is 54.2 Å². The van der Waals surface area contributed by atoms with Crippen LogP contribution in [0.25, 0.3) is 10.9 Å². The van der Waals surface area contributed by atoms with E-state index >= 15 is 0 Å². The zero-order chi connectivity index (χ0) is 18.6. The maximum atomic E-state index is 13.3. The molecule has 0 amide bonds. The lowest BCUT2D eigenvalue weighted by Crippen LogP contribution is -2.29. The molecular weight excluding hydrogens is 360 g/mol. The molecule has 3 aromatic rings. The van der Waals surface area contributed by atoms with E-state index in [0.29, 0.717) is 18.8 Å². The van der Waals surface area contributed by atoms with Crippen molar-refractivity contribution in [3.63, 3.8) is 0 Å².